The Labute approximate surface area is 71.6 Å². The number of hydrogen-bond donors (Lipinski definition) is 1. The minimum Gasteiger partial charge on any atom is -0.312 e. The Hall–Kier alpha value is -0.0400. The molecule has 11 heavy (non-hydrogen) atoms. The number of nitrogens with one attached hydrogen (secondary N) is 1. The van der Waals surface area contributed by atoms with Crippen molar-refractivity contribution in [3.8, 4) is 0 Å². The average molecular weight is 157 g/mol. The monoisotopic (exact) mass is 157 g/mol. The van der Waals surface area contributed by atoms with Gasteiger partial charge in [0.1, 0.15) is 0 Å². The Kier molecular flexibility index (Phi) is 5.57. The normalized spacial score (nSPS) is 14.5. The molecule has 0 amide bonds. The van der Waals surface area contributed by atoms with Gasteiger partial charge in [-0.15, -0.1) is 0 Å². The first-order valence-electron chi connectivity index (χ1n) is 4.84. The summed E-state index contributed by atoms with van der Waals surface area (Å²) in [5, 5.41) is 3.58. The van der Waals surface area contributed by atoms with Gasteiger partial charge in [-0.2, -0.15) is 0 Å². The predicted molar refractivity (Wildman–Crippen MR) is 51.8 cm³/mol. The van der Waals surface area contributed by atoms with Crippen LogP contribution >= 0.6 is 0 Å². The highest BCUT2D eigenvalue weighted by Gasteiger charge is 2.11. The molecular weight excluding hydrogens is 134 g/mol. The summed E-state index contributed by atoms with van der Waals surface area (Å²) < 4.78 is 0. The first-order chi connectivity index (χ1) is 5.07. The van der Waals surface area contributed by atoms with Crippen LogP contribution in [0.25, 0.3) is 0 Å². The van der Waals surface area contributed by atoms with Crippen LogP contribution in [0.2, 0.25) is 0 Å². The Morgan fingerprint density at radius 1 is 1.09 bits per heavy atom. The summed E-state index contributed by atoms with van der Waals surface area (Å²) >= 11 is 0. The Balaban J connectivity index is 3.69. The van der Waals surface area contributed by atoms with Crippen molar-refractivity contribution in [1.82, 2.24) is 5.32 Å². The van der Waals surface area contributed by atoms with Gasteiger partial charge in [-0.05, 0) is 12.3 Å². The molecule has 1 atom stereocenters. The van der Waals surface area contributed by atoms with Crippen molar-refractivity contribution in [3.05, 3.63) is 0 Å². The maximum Gasteiger partial charge on any atom is 0.00923 e. The van der Waals surface area contributed by atoms with Crippen LogP contribution in [-0.4, -0.2) is 12.1 Å². The van der Waals surface area contributed by atoms with Crippen molar-refractivity contribution in [3.63, 3.8) is 0 Å². The maximum absolute atomic E-state index is 3.58. The second-order valence-corrected chi connectivity index (χ2v) is 3.96. The van der Waals surface area contributed by atoms with E-state index in [1.165, 1.54) is 12.8 Å². The highest BCUT2D eigenvalue weighted by molar-refractivity contribution is 4.71. The van der Waals surface area contributed by atoms with Crippen LogP contribution in [0.5, 0.6) is 0 Å². The molecular formula is C10H23N. The summed E-state index contributed by atoms with van der Waals surface area (Å²) in [5.74, 6) is 0.761. The van der Waals surface area contributed by atoms with Gasteiger partial charge in [0.15, 0.2) is 0 Å². The molecule has 1 N–H and O–H groups in total. The molecule has 1 heteroatoms. The maximum atomic E-state index is 3.58. The molecule has 0 rings (SSSR count). The van der Waals surface area contributed by atoms with E-state index in [9.17, 15) is 0 Å². The smallest absolute Gasteiger partial charge is 0.00923 e. The highest BCUT2D eigenvalue weighted by Crippen LogP contribution is 2.08. The van der Waals surface area contributed by atoms with Gasteiger partial charge in [0, 0.05) is 12.1 Å². The lowest BCUT2D eigenvalue weighted by Gasteiger charge is -2.24. The van der Waals surface area contributed by atoms with E-state index in [0.717, 1.165) is 5.92 Å². The van der Waals surface area contributed by atoms with E-state index >= 15 is 0 Å². The molecule has 1 nitrogen and oxygen atoms in total. The first kappa shape index (κ1) is 11.0. The van der Waals surface area contributed by atoms with Gasteiger partial charge >= 0.3 is 0 Å². The molecule has 0 aromatic carbocycles. The molecule has 0 bridgehead atoms. The van der Waals surface area contributed by atoms with E-state index in [-0.39, 0.29) is 0 Å². The van der Waals surface area contributed by atoms with E-state index < -0.39 is 0 Å². The fourth-order valence-corrected chi connectivity index (χ4v) is 1.35. The van der Waals surface area contributed by atoms with Crippen molar-refractivity contribution in [2.75, 3.05) is 0 Å². The number of rotatable bonds is 5. The Morgan fingerprint density at radius 2 is 1.64 bits per heavy atom. The fraction of sp³-hybridized carbons (Fsp3) is 1.00. The quantitative estimate of drug-likeness (QED) is 0.647. The lowest BCUT2D eigenvalue weighted by molar-refractivity contribution is 0.349. The van der Waals surface area contributed by atoms with Crippen LogP contribution in [0.3, 0.4) is 0 Å². The molecule has 0 aromatic rings. The standard InChI is InChI=1S/C10H23N/c1-6-7-10(8(2)3)11-9(4)5/h8-11H,6-7H2,1-5H3. The summed E-state index contributed by atoms with van der Waals surface area (Å²) in [5.41, 5.74) is 0. The summed E-state index contributed by atoms with van der Waals surface area (Å²) in [7, 11) is 0. The first-order valence-corrected chi connectivity index (χ1v) is 4.84. The molecule has 0 fully saturated rings. The van der Waals surface area contributed by atoms with Crippen LogP contribution in [0, 0.1) is 5.92 Å². The third kappa shape index (κ3) is 5.25. The van der Waals surface area contributed by atoms with Crippen molar-refractivity contribution < 1.29 is 0 Å². The van der Waals surface area contributed by atoms with Gasteiger partial charge in [-0.3, -0.25) is 0 Å². The summed E-state index contributed by atoms with van der Waals surface area (Å²) in [6, 6.07) is 1.33. The zero-order chi connectivity index (χ0) is 8.85. The molecule has 0 radical (unpaired) electrons. The zero-order valence-electron chi connectivity index (χ0n) is 8.65. The second-order valence-electron chi connectivity index (χ2n) is 3.96. The van der Waals surface area contributed by atoms with E-state index in [0.29, 0.717) is 12.1 Å². The third-order valence-electron chi connectivity index (χ3n) is 1.95. The SMILES string of the molecule is CCCC(NC(C)C)C(C)C. The number of hydrogen-bond acceptors (Lipinski definition) is 1. The largest absolute Gasteiger partial charge is 0.312 e. The predicted octanol–water partition coefficient (Wildman–Crippen LogP) is 2.81. The van der Waals surface area contributed by atoms with Gasteiger partial charge in [0.05, 0.1) is 0 Å². The highest BCUT2D eigenvalue weighted by atomic mass is 14.9. The lowest BCUT2D eigenvalue weighted by atomic mass is 9.99. The molecule has 0 saturated carbocycles. The van der Waals surface area contributed by atoms with E-state index in [2.05, 4.69) is 39.9 Å². The molecule has 0 aliphatic carbocycles. The molecule has 68 valence electrons. The average Bonchev–Trinajstić information content (AvgIpc) is 1.86. The summed E-state index contributed by atoms with van der Waals surface area (Å²) in [6.07, 6.45) is 2.58. The Morgan fingerprint density at radius 3 is 1.91 bits per heavy atom. The van der Waals surface area contributed by atoms with Gasteiger partial charge < -0.3 is 5.32 Å². The molecule has 0 aromatic heterocycles. The minimum atomic E-state index is 0.619. The fourth-order valence-electron chi connectivity index (χ4n) is 1.35. The van der Waals surface area contributed by atoms with Crippen LogP contribution < -0.4 is 5.32 Å². The van der Waals surface area contributed by atoms with Crippen molar-refractivity contribution in [2.24, 2.45) is 5.92 Å². The zero-order valence-corrected chi connectivity index (χ0v) is 8.65. The van der Waals surface area contributed by atoms with Crippen LogP contribution in [0.15, 0.2) is 0 Å². The van der Waals surface area contributed by atoms with Gasteiger partial charge in [0.25, 0.3) is 0 Å². The van der Waals surface area contributed by atoms with Gasteiger partial charge in [-0.1, -0.05) is 41.0 Å². The van der Waals surface area contributed by atoms with Crippen molar-refractivity contribution in [1.29, 1.82) is 0 Å². The molecule has 0 aliphatic rings. The minimum absolute atomic E-state index is 0.619. The molecule has 0 aliphatic heterocycles. The topological polar surface area (TPSA) is 12.0 Å². The second kappa shape index (κ2) is 5.59. The van der Waals surface area contributed by atoms with Crippen LogP contribution in [-0.2, 0) is 0 Å². The van der Waals surface area contributed by atoms with E-state index in [1.54, 1.807) is 0 Å². The third-order valence-corrected chi connectivity index (χ3v) is 1.95. The van der Waals surface area contributed by atoms with E-state index in [4.69, 9.17) is 0 Å². The van der Waals surface area contributed by atoms with Crippen LogP contribution in [0.1, 0.15) is 47.5 Å². The van der Waals surface area contributed by atoms with Crippen molar-refractivity contribution in [2.45, 2.75) is 59.5 Å². The lowest BCUT2D eigenvalue weighted by Crippen LogP contribution is -2.38. The van der Waals surface area contributed by atoms with E-state index in [1.807, 2.05) is 0 Å². The molecule has 0 spiro atoms. The molecule has 0 saturated heterocycles. The van der Waals surface area contributed by atoms with Gasteiger partial charge in [-0.25, -0.2) is 0 Å². The summed E-state index contributed by atoms with van der Waals surface area (Å²) in [6.45, 7) is 11.2. The Bertz CT molecular complexity index is 86.9. The van der Waals surface area contributed by atoms with Crippen LogP contribution in [0.4, 0.5) is 0 Å². The molecule has 1 unspecified atom stereocenters. The molecule has 0 heterocycles. The van der Waals surface area contributed by atoms with Gasteiger partial charge in [0.2, 0.25) is 0 Å². The summed E-state index contributed by atoms with van der Waals surface area (Å²) in [4.78, 5) is 0. The van der Waals surface area contributed by atoms with Crippen molar-refractivity contribution >= 4 is 0 Å².